The summed E-state index contributed by atoms with van der Waals surface area (Å²) in [5.74, 6) is 0.987. The maximum atomic E-state index is 4.37. The van der Waals surface area contributed by atoms with Crippen LogP contribution in [0.25, 0.3) is 12.2 Å². The Morgan fingerprint density at radius 1 is 1.33 bits per heavy atom. The third-order valence-electron chi connectivity index (χ3n) is 2.03. The summed E-state index contributed by atoms with van der Waals surface area (Å²) in [4.78, 5) is 7.58. The van der Waals surface area contributed by atoms with Gasteiger partial charge in [0.2, 0.25) is 0 Å². The third kappa shape index (κ3) is 1.20. The molecule has 1 aromatic heterocycles. The molecule has 62 valence electrons. The van der Waals surface area contributed by atoms with Crippen molar-refractivity contribution in [1.82, 2.24) is 9.97 Å². The van der Waals surface area contributed by atoms with Gasteiger partial charge in [0, 0.05) is 0 Å². The minimum absolute atomic E-state index is 0.987. The number of fused-ring (bicyclic) bond motifs is 1. The van der Waals surface area contributed by atoms with Gasteiger partial charge in [-0.3, -0.25) is 0 Å². The summed E-state index contributed by atoms with van der Waals surface area (Å²) in [6, 6.07) is 0. The number of nitrogens with zero attached hydrogens (tertiary/aromatic N) is 1. The number of allylic oxidation sites excluding steroid dienone is 2. The Balaban J connectivity index is 2.70. The van der Waals surface area contributed by atoms with Crippen LogP contribution in [0.4, 0.5) is 0 Å². The Labute approximate surface area is 71.3 Å². The summed E-state index contributed by atoms with van der Waals surface area (Å²) in [6.07, 6.45) is 7.40. The van der Waals surface area contributed by atoms with Crippen LogP contribution in [0.5, 0.6) is 0 Å². The predicted octanol–water partition coefficient (Wildman–Crippen LogP) is 0.629. The lowest BCUT2D eigenvalue weighted by Gasteiger charge is -1.87. The summed E-state index contributed by atoms with van der Waals surface area (Å²) in [5, 5.41) is 2.21. The van der Waals surface area contributed by atoms with Crippen molar-refractivity contribution in [2.45, 2.75) is 20.3 Å². The van der Waals surface area contributed by atoms with E-state index in [0.29, 0.717) is 0 Å². The second-order valence-corrected chi connectivity index (χ2v) is 3.21. The molecule has 1 aliphatic rings. The summed E-state index contributed by atoms with van der Waals surface area (Å²) in [5.41, 5.74) is 1.37. The Bertz CT molecular complexity index is 435. The molecule has 0 saturated carbocycles. The van der Waals surface area contributed by atoms with E-state index >= 15 is 0 Å². The number of rotatable bonds is 0. The van der Waals surface area contributed by atoms with Crippen molar-refractivity contribution in [2.24, 2.45) is 0 Å². The highest BCUT2D eigenvalue weighted by Crippen LogP contribution is 2.01. The molecule has 0 atom stereocenters. The zero-order chi connectivity index (χ0) is 8.55. The van der Waals surface area contributed by atoms with Crippen molar-refractivity contribution in [3.05, 3.63) is 28.2 Å². The predicted molar refractivity (Wildman–Crippen MR) is 49.9 cm³/mol. The number of hydrogen-bond acceptors (Lipinski definition) is 1. The Morgan fingerprint density at radius 3 is 3.00 bits per heavy atom. The molecule has 0 bridgehead atoms. The minimum Gasteiger partial charge on any atom is -0.342 e. The number of aryl methyl sites for hydroxylation is 1. The lowest BCUT2D eigenvalue weighted by molar-refractivity contribution is 1.13. The molecule has 0 radical (unpaired) electrons. The highest BCUT2D eigenvalue weighted by Gasteiger charge is 1.95. The van der Waals surface area contributed by atoms with E-state index < -0.39 is 0 Å². The summed E-state index contributed by atoms with van der Waals surface area (Å²) in [6.45, 7) is 4.11. The van der Waals surface area contributed by atoms with E-state index in [2.05, 4.69) is 35.1 Å². The standard InChI is InChI=1S/C10H12N2/c1-7-3-5-9-10(6-4-7)12-8(2)11-9/h3,5-6H,4H2,1-2H3,(H,11,12). The van der Waals surface area contributed by atoms with Gasteiger partial charge in [0.25, 0.3) is 0 Å². The van der Waals surface area contributed by atoms with Crippen LogP contribution in [0, 0.1) is 6.92 Å². The molecule has 0 amide bonds. The zero-order valence-electron chi connectivity index (χ0n) is 7.39. The smallest absolute Gasteiger partial charge is 0.104 e. The molecular weight excluding hydrogens is 148 g/mol. The van der Waals surface area contributed by atoms with Crippen molar-refractivity contribution in [2.75, 3.05) is 0 Å². The molecule has 2 nitrogen and oxygen atoms in total. The van der Waals surface area contributed by atoms with E-state index in [1.807, 2.05) is 6.92 Å². The lowest BCUT2D eigenvalue weighted by Crippen LogP contribution is -2.23. The van der Waals surface area contributed by atoms with Crippen LogP contribution in [-0.2, 0) is 0 Å². The molecule has 0 fully saturated rings. The highest BCUT2D eigenvalue weighted by molar-refractivity contribution is 5.44. The van der Waals surface area contributed by atoms with E-state index in [-0.39, 0.29) is 0 Å². The fraction of sp³-hybridized carbons (Fsp3) is 0.300. The first-order valence-corrected chi connectivity index (χ1v) is 4.16. The van der Waals surface area contributed by atoms with Crippen molar-refractivity contribution in [1.29, 1.82) is 0 Å². The quantitative estimate of drug-likeness (QED) is 0.592. The Morgan fingerprint density at radius 2 is 2.17 bits per heavy atom. The van der Waals surface area contributed by atoms with Gasteiger partial charge in [-0.1, -0.05) is 17.7 Å². The Kier molecular flexibility index (Phi) is 1.61. The summed E-state index contributed by atoms with van der Waals surface area (Å²) in [7, 11) is 0. The second-order valence-electron chi connectivity index (χ2n) is 3.21. The maximum Gasteiger partial charge on any atom is 0.104 e. The van der Waals surface area contributed by atoms with Crippen LogP contribution >= 0.6 is 0 Å². The Hall–Kier alpha value is -1.31. The number of H-pyrrole nitrogens is 1. The molecule has 0 aliphatic heterocycles. The van der Waals surface area contributed by atoms with Crippen LogP contribution in [0.15, 0.2) is 11.6 Å². The molecule has 0 saturated heterocycles. The number of aromatic amines is 1. The molecule has 0 aromatic carbocycles. The van der Waals surface area contributed by atoms with Crippen molar-refractivity contribution >= 4 is 12.2 Å². The first kappa shape index (κ1) is 7.35. The SMILES string of the molecule is CC1=CC=c2[nH]c(C)nc2=CC1. The van der Waals surface area contributed by atoms with Gasteiger partial charge in [-0.05, 0) is 26.3 Å². The van der Waals surface area contributed by atoms with Gasteiger partial charge in [0.1, 0.15) is 5.82 Å². The van der Waals surface area contributed by atoms with Gasteiger partial charge in [-0.15, -0.1) is 0 Å². The first-order valence-electron chi connectivity index (χ1n) is 4.16. The summed E-state index contributed by atoms with van der Waals surface area (Å²) >= 11 is 0. The number of hydrogen-bond donors (Lipinski definition) is 1. The molecule has 1 aliphatic carbocycles. The maximum absolute atomic E-state index is 4.37. The number of nitrogens with one attached hydrogen (secondary N) is 1. The fourth-order valence-corrected chi connectivity index (χ4v) is 1.36. The van der Waals surface area contributed by atoms with E-state index in [0.717, 1.165) is 22.9 Å². The van der Waals surface area contributed by atoms with E-state index in [4.69, 9.17) is 0 Å². The molecule has 0 spiro atoms. The van der Waals surface area contributed by atoms with Gasteiger partial charge in [0.15, 0.2) is 0 Å². The second kappa shape index (κ2) is 2.63. The molecule has 1 aromatic rings. The van der Waals surface area contributed by atoms with Crippen molar-refractivity contribution in [3.8, 4) is 0 Å². The minimum atomic E-state index is 0.987. The molecule has 12 heavy (non-hydrogen) atoms. The normalized spacial score (nSPS) is 15.3. The molecule has 0 unspecified atom stereocenters. The number of imidazole rings is 1. The van der Waals surface area contributed by atoms with Gasteiger partial charge in [-0.25, -0.2) is 4.98 Å². The lowest BCUT2D eigenvalue weighted by atomic mass is 10.2. The average Bonchev–Trinajstić information content (AvgIpc) is 2.31. The largest absolute Gasteiger partial charge is 0.342 e. The van der Waals surface area contributed by atoms with Gasteiger partial charge in [0.05, 0.1) is 10.7 Å². The third-order valence-corrected chi connectivity index (χ3v) is 2.03. The van der Waals surface area contributed by atoms with Crippen molar-refractivity contribution < 1.29 is 0 Å². The van der Waals surface area contributed by atoms with Crippen LogP contribution < -0.4 is 10.7 Å². The van der Waals surface area contributed by atoms with Crippen LogP contribution in [0.3, 0.4) is 0 Å². The van der Waals surface area contributed by atoms with Crippen molar-refractivity contribution in [3.63, 3.8) is 0 Å². The average molecular weight is 160 g/mol. The monoisotopic (exact) mass is 160 g/mol. The van der Waals surface area contributed by atoms with Crippen LogP contribution in [0.2, 0.25) is 0 Å². The van der Waals surface area contributed by atoms with E-state index in [1.165, 1.54) is 5.57 Å². The van der Waals surface area contributed by atoms with Gasteiger partial charge in [-0.2, -0.15) is 0 Å². The van der Waals surface area contributed by atoms with E-state index in [1.54, 1.807) is 0 Å². The fourth-order valence-electron chi connectivity index (χ4n) is 1.36. The molecule has 1 heterocycles. The molecule has 1 N–H and O–H groups in total. The molecular formula is C10H12N2. The zero-order valence-corrected chi connectivity index (χ0v) is 7.39. The van der Waals surface area contributed by atoms with E-state index in [9.17, 15) is 0 Å². The summed E-state index contributed by atoms with van der Waals surface area (Å²) < 4.78 is 0. The highest BCUT2D eigenvalue weighted by atomic mass is 14.9. The van der Waals surface area contributed by atoms with Gasteiger partial charge >= 0.3 is 0 Å². The first-order chi connectivity index (χ1) is 5.75. The molecule has 2 rings (SSSR count). The molecule has 2 heteroatoms. The van der Waals surface area contributed by atoms with Gasteiger partial charge < -0.3 is 4.98 Å². The van der Waals surface area contributed by atoms with Crippen LogP contribution in [-0.4, -0.2) is 9.97 Å². The van der Waals surface area contributed by atoms with Crippen LogP contribution in [0.1, 0.15) is 19.2 Å². The topological polar surface area (TPSA) is 28.7 Å². The number of aromatic nitrogens is 2.